The van der Waals surface area contributed by atoms with Gasteiger partial charge in [0.05, 0.1) is 24.2 Å². The largest absolute Gasteiger partial charge is 0.468 e. The normalized spacial score (nSPS) is 22.5. The number of nitrogens with zero attached hydrogens (tertiary/aromatic N) is 1. The summed E-state index contributed by atoms with van der Waals surface area (Å²) < 4.78 is 10.2. The van der Waals surface area contributed by atoms with Crippen molar-refractivity contribution in [3.05, 3.63) is 61.4 Å². The van der Waals surface area contributed by atoms with Crippen molar-refractivity contribution >= 4 is 35.0 Å². The predicted octanol–water partition coefficient (Wildman–Crippen LogP) is 3.81. The van der Waals surface area contributed by atoms with Gasteiger partial charge >= 0.3 is 11.9 Å². The number of halogens is 1. The minimum Gasteiger partial charge on any atom is -0.468 e. The monoisotopic (exact) mass is 476 g/mol. The smallest absolute Gasteiger partial charge is 0.336 e. The molecule has 0 bridgehead atoms. The third-order valence-electron chi connectivity index (χ3n) is 5.90. The van der Waals surface area contributed by atoms with E-state index in [1.165, 1.54) is 25.3 Å². The lowest BCUT2D eigenvalue weighted by Crippen LogP contribution is -2.43. The number of ether oxygens (including phenoxy) is 2. The van der Waals surface area contributed by atoms with Crippen LogP contribution in [0.15, 0.2) is 40.7 Å². The van der Waals surface area contributed by atoms with Crippen LogP contribution in [-0.4, -0.2) is 36.4 Å². The number of carbonyl (C=O) groups excluding carboxylic acids is 3. The number of esters is 2. The lowest BCUT2D eigenvalue weighted by molar-refractivity contribution is -0.384. The van der Waals surface area contributed by atoms with E-state index in [1.54, 1.807) is 13.8 Å². The minimum atomic E-state index is -1.05. The molecule has 0 saturated heterocycles. The summed E-state index contributed by atoms with van der Waals surface area (Å²) in [6, 6.07) is 4.14. The highest BCUT2D eigenvalue weighted by atomic mass is 35.5. The third kappa shape index (κ3) is 4.50. The molecule has 10 heteroatoms. The molecule has 3 unspecified atom stereocenters. The minimum absolute atomic E-state index is 0.0706. The molecule has 3 atom stereocenters. The zero-order chi connectivity index (χ0) is 24.4. The molecule has 0 fully saturated rings. The van der Waals surface area contributed by atoms with E-state index in [0.717, 1.165) is 0 Å². The molecule has 176 valence electrons. The van der Waals surface area contributed by atoms with Crippen molar-refractivity contribution in [2.45, 2.75) is 39.5 Å². The fraction of sp³-hybridized carbons (Fsp3) is 0.435. The molecule has 1 aliphatic carbocycles. The van der Waals surface area contributed by atoms with Crippen molar-refractivity contribution in [3.63, 3.8) is 0 Å². The van der Waals surface area contributed by atoms with Crippen molar-refractivity contribution in [2.24, 2.45) is 11.8 Å². The van der Waals surface area contributed by atoms with E-state index in [2.05, 4.69) is 5.32 Å². The molecule has 0 aromatic heterocycles. The highest BCUT2D eigenvalue weighted by Crippen LogP contribution is 2.46. The molecule has 3 rings (SSSR count). The number of hydrogen-bond donors (Lipinski definition) is 1. The Morgan fingerprint density at radius 3 is 2.64 bits per heavy atom. The highest BCUT2D eigenvalue weighted by molar-refractivity contribution is 6.32. The summed E-state index contributed by atoms with van der Waals surface area (Å²) in [6.45, 7) is 5.48. The molecule has 0 radical (unpaired) electrons. The van der Waals surface area contributed by atoms with Crippen molar-refractivity contribution < 1.29 is 28.8 Å². The second-order valence-electron chi connectivity index (χ2n) is 8.14. The van der Waals surface area contributed by atoms with Gasteiger partial charge in [0.15, 0.2) is 5.78 Å². The molecule has 9 nitrogen and oxygen atoms in total. The van der Waals surface area contributed by atoms with Crippen molar-refractivity contribution in [1.29, 1.82) is 0 Å². The molecule has 1 heterocycles. The number of rotatable bonds is 6. The molecular formula is C23H25ClN2O7. The lowest BCUT2D eigenvalue weighted by Gasteiger charge is -2.38. The maximum absolute atomic E-state index is 13.6. The SMILES string of the molecule is CCCOC(=O)C1=C(C)NC2=C(C(=O)C(C(=O)OC)C(C)C2)C1c1ccc(Cl)c([N+](=O)[O-])c1. The molecule has 1 aliphatic heterocycles. The van der Waals surface area contributed by atoms with E-state index in [0.29, 0.717) is 29.8 Å². The van der Waals surface area contributed by atoms with Gasteiger partial charge in [0, 0.05) is 29.0 Å². The summed E-state index contributed by atoms with van der Waals surface area (Å²) in [5.41, 5.74) is 1.39. The van der Waals surface area contributed by atoms with Crippen LogP contribution in [0.5, 0.6) is 0 Å². The second-order valence-corrected chi connectivity index (χ2v) is 8.55. The standard InChI is InChI=1S/C23H25ClN2O7/c1-5-8-33-23(29)18-12(3)25-15-9-11(2)17(22(28)32-4)21(27)20(15)19(18)13-6-7-14(24)16(10-13)26(30)31/h6-7,10-11,17,19,25H,5,8-9H2,1-4H3. The van der Waals surface area contributed by atoms with Crippen LogP contribution in [0.2, 0.25) is 5.02 Å². The number of nitro groups is 1. The number of dihydropyridines is 1. The molecule has 0 spiro atoms. The highest BCUT2D eigenvalue weighted by Gasteiger charge is 2.47. The molecular weight excluding hydrogens is 452 g/mol. The molecule has 1 N–H and O–H groups in total. The van der Waals surface area contributed by atoms with Gasteiger partial charge in [-0.3, -0.25) is 19.7 Å². The van der Waals surface area contributed by atoms with Gasteiger partial charge in [0.1, 0.15) is 10.9 Å². The Morgan fingerprint density at radius 2 is 2.03 bits per heavy atom. The fourth-order valence-corrected chi connectivity index (χ4v) is 4.59. The van der Waals surface area contributed by atoms with Gasteiger partial charge in [-0.2, -0.15) is 0 Å². The van der Waals surface area contributed by atoms with Gasteiger partial charge in [-0.1, -0.05) is 31.5 Å². The first-order valence-electron chi connectivity index (χ1n) is 10.6. The first-order valence-corrected chi connectivity index (χ1v) is 10.9. The number of hydrogen-bond acceptors (Lipinski definition) is 8. The van der Waals surface area contributed by atoms with Crippen LogP contribution < -0.4 is 5.32 Å². The number of allylic oxidation sites excluding steroid dienone is 3. The summed E-state index contributed by atoms with van der Waals surface area (Å²) in [7, 11) is 1.21. The number of carbonyl (C=O) groups is 3. The van der Waals surface area contributed by atoms with Gasteiger partial charge in [-0.15, -0.1) is 0 Å². The third-order valence-corrected chi connectivity index (χ3v) is 6.22. The maximum Gasteiger partial charge on any atom is 0.336 e. The molecule has 2 aliphatic rings. The van der Waals surface area contributed by atoms with Crippen molar-refractivity contribution in [3.8, 4) is 0 Å². The second kappa shape index (κ2) is 9.74. The first-order chi connectivity index (χ1) is 15.6. The van der Waals surface area contributed by atoms with Gasteiger partial charge in [-0.25, -0.2) is 4.79 Å². The van der Waals surface area contributed by atoms with Crippen LogP contribution in [-0.2, 0) is 23.9 Å². The lowest BCUT2D eigenvalue weighted by atomic mass is 9.69. The van der Waals surface area contributed by atoms with Crippen LogP contribution in [0, 0.1) is 22.0 Å². The predicted molar refractivity (Wildman–Crippen MR) is 119 cm³/mol. The van der Waals surface area contributed by atoms with Gasteiger partial charge in [0.2, 0.25) is 0 Å². The first kappa shape index (κ1) is 24.4. The summed E-state index contributed by atoms with van der Waals surface area (Å²) >= 11 is 6.00. The Balaban J connectivity index is 2.23. The topological polar surface area (TPSA) is 125 Å². The van der Waals surface area contributed by atoms with E-state index in [1.807, 2.05) is 6.92 Å². The number of nitrogens with one attached hydrogen (secondary N) is 1. The molecule has 0 amide bonds. The number of Topliss-reactive ketones (excluding diaryl/α,β-unsaturated/α-hetero) is 1. The Hall–Kier alpha value is -3.20. The Morgan fingerprint density at radius 1 is 1.33 bits per heavy atom. The summed E-state index contributed by atoms with van der Waals surface area (Å²) in [5.74, 6) is -4.14. The van der Waals surface area contributed by atoms with E-state index < -0.39 is 34.5 Å². The van der Waals surface area contributed by atoms with E-state index in [9.17, 15) is 24.5 Å². The molecule has 1 aromatic rings. The van der Waals surface area contributed by atoms with E-state index in [4.69, 9.17) is 21.1 Å². The Labute approximate surface area is 195 Å². The Kier molecular flexibility index (Phi) is 7.22. The van der Waals surface area contributed by atoms with Crippen LogP contribution in [0.1, 0.15) is 45.1 Å². The van der Waals surface area contributed by atoms with Gasteiger partial charge in [-0.05, 0) is 37.3 Å². The number of ketones is 1. The number of benzene rings is 1. The maximum atomic E-state index is 13.6. The molecule has 0 saturated carbocycles. The number of nitro benzene ring substituents is 1. The fourth-order valence-electron chi connectivity index (χ4n) is 4.41. The Bertz CT molecular complexity index is 1090. The summed E-state index contributed by atoms with van der Waals surface area (Å²) in [4.78, 5) is 49.9. The van der Waals surface area contributed by atoms with Gasteiger partial charge in [0.25, 0.3) is 5.69 Å². The van der Waals surface area contributed by atoms with Crippen LogP contribution in [0.25, 0.3) is 0 Å². The zero-order valence-electron chi connectivity index (χ0n) is 18.8. The van der Waals surface area contributed by atoms with E-state index >= 15 is 0 Å². The summed E-state index contributed by atoms with van der Waals surface area (Å²) in [6.07, 6.45) is 0.957. The summed E-state index contributed by atoms with van der Waals surface area (Å²) in [5, 5.41) is 14.6. The average Bonchev–Trinajstić information content (AvgIpc) is 2.76. The van der Waals surface area contributed by atoms with Gasteiger partial charge < -0.3 is 14.8 Å². The molecule has 33 heavy (non-hydrogen) atoms. The van der Waals surface area contributed by atoms with E-state index in [-0.39, 0.29) is 34.4 Å². The zero-order valence-corrected chi connectivity index (χ0v) is 19.5. The average molecular weight is 477 g/mol. The van der Waals surface area contributed by atoms with Crippen LogP contribution in [0.3, 0.4) is 0 Å². The van der Waals surface area contributed by atoms with Crippen LogP contribution in [0.4, 0.5) is 5.69 Å². The number of methoxy groups -OCH3 is 1. The van der Waals surface area contributed by atoms with Crippen molar-refractivity contribution in [1.82, 2.24) is 5.32 Å². The quantitative estimate of drug-likeness (QED) is 0.284. The van der Waals surface area contributed by atoms with Crippen LogP contribution >= 0.6 is 11.6 Å². The molecule has 1 aromatic carbocycles. The van der Waals surface area contributed by atoms with Crippen molar-refractivity contribution in [2.75, 3.05) is 13.7 Å².